The number of carbonyl (C=O) groups excluding carboxylic acids is 3. The average molecular weight is 389 g/mol. The van der Waals surface area contributed by atoms with Gasteiger partial charge in [-0.25, -0.2) is 14.1 Å². The molecule has 0 aromatic heterocycles. The number of benzene rings is 2. The summed E-state index contributed by atoms with van der Waals surface area (Å²) in [6.07, 6.45) is 1.02. The molecule has 2 aromatic carbocycles. The van der Waals surface area contributed by atoms with E-state index in [4.69, 9.17) is 21.1 Å². The van der Waals surface area contributed by atoms with Gasteiger partial charge in [-0.1, -0.05) is 17.7 Å². The second kappa shape index (κ2) is 6.40. The number of halogens is 2. The molecule has 0 bridgehead atoms. The standard InChI is InChI=1S/C18H10ClFN2O5/c19-12-2-1-3-13(20)10(12)7-11-16(23)21-18(25)22(17(11)24)9-4-5-14-15(6-9)27-8-26-14/h1-7H,8H2,(H,21,23,25)/b11-7+. The van der Waals surface area contributed by atoms with Crippen LogP contribution in [0.25, 0.3) is 6.08 Å². The van der Waals surface area contributed by atoms with Gasteiger partial charge in [0.25, 0.3) is 11.8 Å². The van der Waals surface area contributed by atoms with Crippen molar-refractivity contribution in [3.8, 4) is 11.5 Å². The number of fused-ring (bicyclic) bond motifs is 1. The zero-order chi connectivity index (χ0) is 19.1. The Kier molecular flexibility index (Phi) is 4.04. The van der Waals surface area contributed by atoms with Crippen molar-refractivity contribution in [3.63, 3.8) is 0 Å². The molecule has 2 aliphatic heterocycles. The quantitative estimate of drug-likeness (QED) is 0.631. The Morgan fingerprint density at radius 2 is 1.89 bits per heavy atom. The summed E-state index contributed by atoms with van der Waals surface area (Å²) in [7, 11) is 0. The summed E-state index contributed by atoms with van der Waals surface area (Å²) in [5.41, 5.74) is -0.392. The molecule has 2 aromatic rings. The highest BCUT2D eigenvalue weighted by Crippen LogP contribution is 2.36. The maximum atomic E-state index is 14.0. The van der Waals surface area contributed by atoms with Crippen LogP contribution in [0.2, 0.25) is 5.02 Å². The van der Waals surface area contributed by atoms with E-state index in [9.17, 15) is 18.8 Å². The molecule has 9 heteroatoms. The van der Waals surface area contributed by atoms with Crippen molar-refractivity contribution in [2.75, 3.05) is 11.7 Å². The summed E-state index contributed by atoms with van der Waals surface area (Å²) >= 11 is 5.95. The summed E-state index contributed by atoms with van der Waals surface area (Å²) in [6.45, 7) is 0.0222. The van der Waals surface area contributed by atoms with Gasteiger partial charge in [0.05, 0.1) is 10.7 Å². The van der Waals surface area contributed by atoms with Crippen LogP contribution in [0.4, 0.5) is 14.9 Å². The molecule has 0 unspecified atom stereocenters. The van der Waals surface area contributed by atoms with E-state index in [0.29, 0.717) is 11.5 Å². The molecule has 0 spiro atoms. The van der Waals surface area contributed by atoms with E-state index in [-0.39, 0.29) is 23.1 Å². The predicted molar refractivity (Wildman–Crippen MR) is 93.0 cm³/mol. The zero-order valence-corrected chi connectivity index (χ0v) is 14.2. The van der Waals surface area contributed by atoms with Crippen LogP contribution in [0.15, 0.2) is 42.0 Å². The van der Waals surface area contributed by atoms with E-state index < -0.39 is 29.2 Å². The molecule has 0 aliphatic carbocycles. The Balaban J connectivity index is 1.77. The molecular weight excluding hydrogens is 379 g/mol. The van der Waals surface area contributed by atoms with Crippen molar-refractivity contribution in [2.45, 2.75) is 0 Å². The number of nitrogens with zero attached hydrogens (tertiary/aromatic N) is 1. The molecular formula is C18H10ClFN2O5. The van der Waals surface area contributed by atoms with Crippen LogP contribution in [-0.4, -0.2) is 24.6 Å². The van der Waals surface area contributed by atoms with Gasteiger partial charge in [0, 0.05) is 11.6 Å². The monoisotopic (exact) mass is 388 g/mol. The molecule has 1 N–H and O–H groups in total. The Labute approximate surface area is 156 Å². The lowest BCUT2D eigenvalue weighted by molar-refractivity contribution is -0.122. The van der Waals surface area contributed by atoms with E-state index in [0.717, 1.165) is 17.0 Å². The van der Waals surface area contributed by atoms with E-state index in [1.807, 2.05) is 0 Å². The number of nitrogens with one attached hydrogen (secondary N) is 1. The lowest BCUT2D eigenvalue weighted by atomic mass is 10.1. The zero-order valence-electron chi connectivity index (χ0n) is 13.5. The molecule has 2 heterocycles. The number of hydrogen-bond donors (Lipinski definition) is 1. The highest BCUT2D eigenvalue weighted by atomic mass is 35.5. The van der Waals surface area contributed by atoms with Gasteiger partial charge in [0.1, 0.15) is 11.4 Å². The second-order valence-electron chi connectivity index (χ2n) is 5.63. The highest BCUT2D eigenvalue weighted by Gasteiger charge is 2.37. The van der Waals surface area contributed by atoms with Crippen LogP contribution in [0.1, 0.15) is 5.56 Å². The maximum Gasteiger partial charge on any atom is 0.335 e. The molecule has 0 radical (unpaired) electrons. The molecule has 1 saturated heterocycles. The normalized spacial score (nSPS) is 17.5. The van der Waals surface area contributed by atoms with Crippen molar-refractivity contribution in [2.24, 2.45) is 0 Å². The van der Waals surface area contributed by atoms with Crippen molar-refractivity contribution in [1.29, 1.82) is 0 Å². The molecule has 136 valence electrons. The van der Waals surface area contributed by atoms with Crippen LogP contribution in [0.3, 0.4) is 0 Å². The average Bonchev–Trinajstić information content (AvgIpc) is 3.08. The van der Waals surface area contributed by atoms with E-state index in [1.54, 1.807) is 0 Å². The van der Waals surface area contributed by atoms with Crippen LogP contribution in [0.5, 0.6) is 11.5 Å². The Morgan fingerprint density at radius 3 is 2.67 bits per heavy atom. The molecule has 7 nitrogen and oxygen atoms in total. The molecule has 27 heavy (non-hydrogen) atoms. The molecule has 2 aliphatic rings. The van der Waals surface area contributed by atoms with Gasteiger partial charge in [0.15, 0.2) is 11.5 Å². The first kappa shape index (κ1) is 17.0. The van der Waals surface area contributed by atoms with E-state index in [1.165, 1.54) is 30.3 Å². The summed E-state index contributed by atoms with van der Waals surface area (Å²) in [6, 6.07) is 7.46. The number of rotatable bonds is 2. The van der Waals surface area contributed by atoms with Gasteiger partial charge in [-0.05, 0) is 30.3 Å². The minimum Gasteiger partial charge on any atom is -0.454 e. The molecule has 1 fully saturated rings. The summed E-state index contributed by atoms with van der Waals surface area (Å²) in [5, 5.41) is 2.08. The summed E-state index contributed by atoms with van der Waals surface area (Å²) in [5.74, 6) is -1.74. The molecule has 0 saturated carbocycles. The van der Waals surface area contributed by atoms with Crippen molar-refractivity contribution in [3.05, 3.63) is 58.4 Å². The summed E-state index contributed by atoms with van der Waals surface area (Å²) < 4.78 is 24.4. The number of amides is 4. The van der Waals surface area contributed by atoms with Gasteiger partial charge in [0.2, 0.25) is 6.79 Å². The van der Waals surface area contributed by atoms with E-state index in [2.05, 4.69) is 5.32 Å². The molecule has 0 atom stereocenters. The fraction of sp³-hybridized carbons (Fsp3) is 0.0556. The maximum absolute atomic E-state index is 14.0. The largest absolute Gasteiger partial charge is 0.454 e. The minimum atomic E-state index is -0.943. The van der Waals surface area contributed by atoms with Gasteiger partial charge < -0.3 is 9.47 Å². The number of hydrogen-bond acceptors (Lipinski definition) is 5. The fourth-order valence-corrected chi connectivity index (χ4v) is 2.93. The van der Waals surface area contributed by atoms with Crippen molar-refractivity contribution >= 4 is 41.2 Å². The number of urea groups is 1. The fourth-order valence-electron chi connectivity index (χ4n) is 2.71. The van der Waals surface area contributed by atoms with Gasteiger partial charge in [-0.15, -0.1) is 0 Å². The number of barbiturate groups is 1. The number of ether oxygens (including phenoxy) is 2. The minimum absolute atomic E-state index is 0.0222. The highest BCUT2D eigenvalue weighted by molar-refractivity contribution is 6.40. The first-order chi connectivity index (χ1) is 13.0. The second-order valence-corrected chi connectivity index (χ2v) is 6.04. The smallest absolute Gasteiger partial charge is 0.335 e. The van der Waals surface area contributed by atoms with Gasteiger partial charge in [-0.3, -0.25) is 14.9 Å². The first-order valence-electron chi connectivity index (χ1n) is 7.71. The Morgan fingerprint density at radius 1 is 1.11 bits per heavy atom. The van der Waals surface area contributed by atoms with Gasteiger partial charge in [-0.2, -0.15) is 0 Å². The molecule has 4 rings (SSSR count). The number of carbonyl (C=O) groups is 3. The lowest BCUT2D eigenvalue weighted by Crippen LogP contribution is -2.54. The van der Waals surface area contributed by atoms with Gasteiger partial charge >= 0.3 is 6.03 Å². The predicted octanol–water partition coefficient (Wildman–Crippen LogP) is 2.87. The van der Waals surface area contributed by atoms with Crippen molar-refractivity contribution < 1.29 is 28.2 Å². The van der Waals surface area contributed by atoms with Crippen LogP contribution >= 0.6 is 11.6 Å². The number of imide groups is 2. The third kappa shape index (κ3) is 2.89. The first-order valence-corrected chi connectivity index (χ1v) is 8.08. The SMILES string of the molecule is O=C1NC(=O)N(c2ccc3c(c2)OCO3)C(=O)/C1=C/c1c(F)cccc1Cl. The third-order valence-electron chi connectivity index (χ3n) is 4.00. The number of anilines is 1. The topological polar surface area (TPSA) is 84.9 Å². The van der Waals surface area contributed by atoms with Crippen LogP contribution in [-0.2, 0) is 9.59 Å². The van der Waals surface area contributed by atoms with Crippen LogP contribution < -0.4 is 19.7 Å². The summed E-state index contributed by atoms with van der Waals surface area (Å²) in [4.78, 5) is 37.9. The Hall–Kier alpha value is -3.39. The van der Waals surface area contributed by atoms with Crippen LogP contribution in [0, 0.1) is 5.82 Å². The third-order valence-corrected chi connectivity index (χ3v) is 4.33. The Bertz CT molecular complexity index is 1020. The molecule has 4 amide bonds. The lowest BCUT2D eigenvalue weighted by Gasteiger charge is -2.26. The van der Waals surface area contributed by atoms with Crippen molar-refractivity contribution in [1.82, 2.24) is 5.32 Å². The van der Waals surface area contributed by atoms with E-state index >= 15 is 0 Å².